The van der Waals surface area contributed by atoms with Gasteiger partial charge in [-0.15, -0.1) is 0 Å². The fourth-order valence-corrected chi connectivity index (χ4v) is 3.43. The van der Waals surface area contributed by atoms with Crippen LogP contribution in [-0.4, -0.2) is 13.1 Å². The van der Waals surface area contributed by atoms with Crippen LogP contribution in [0.25, 0.3) is 11.1 Å². The summed E-state index contributed by atoms with van der Waals surface area (Å²) in [5, 5.41) is 3.37. The number of benzene rings is 2. The number of anilines is 1. The molecule has 0 saturated carbocycles. The maximum atomic E-state index is 13.7. The third-order valence-electron chi connectivity index (χ3n) is 4.55. The van der Waals surface area contributed by atoms with Gasteiger partial charge in [0.25, 0.3) is 0 Å². The van der Waals surface area contributed by atoms with Gasteiger partial charge in [-0.25, -0.2) is 4.39 Å². The largest absolute Gasteiger partial charge is 0.371 e. The van der Waals surface area contributed by atoms with Gasteiger partial charge >= 0.3 is 0 Å². The third kappa shape index (κ3) is 2.32. The molecule has 0 bridgehead atoms. The molecule has 2 nitrogen and oxygen atoms in total. The van der Waals surface area contributed by atoms with Gasteiger partial charge < -0.3 is 10.2 Å². The predicted molar refractivity (Wildman–Crippen MR) is 83.8 cm³/mol. The van der Waals surface area contributed by atoms with E-state index in [0.717, 1.165) is 37.4 Å². The summed E-state index contributed by atoms with van der Waals surface area (Å²) in [6.07, 6.45) is 2.40. The highest BCUT2D eigenvalue weighted by Crippen LogP contribution is 2.35. The Hall–Kier alpha value is -1.87. The van der Waals surface area contributed by atoms with Crippen LogP contribution in [-0.2, 0) is 13.1 Å². The number of rotatable bonds is 2. The van der Waals surface area contributed by atoms with E-state index in [-0.39, 0.29) is 5.82 Å². The quantitative estimate of drug-likeness (QED) is 0.903. The monoisotopic (exact) mass is 282 g/mol. The summed E-state index contributed by atoms with van der Waals surface area (Å²) < 4.78 is 13.7. The van der Waals surface area contributed by atoms with Gasteiger partial charge in [-0.1, -0.05) is 12.1 Å². The Labute approximate surface area is 124 Å². The normalized spacial score (nSPS) is 17.3. The topological polar surface area (TPSA) is 15.3 Å². The summed E-state index contributed by atoms with van der Waals surface area (Å²) in [4.78, 5) is 2.31. The zero-order valence-corrected chi connectivity index (χ0v) is 12.0. The van der Waals surface area contributed by atoms with E-state index >= 15 is 0 Å². The molecular formula is C18H19FN2. The first kappa shape index (κ1) is 12.8. The molecule has 0 atom stereocenters. The highest BCUT2D eigenvalue weighted by Gasteiger charge is 2.18. The van der Waals surface area contributed by atoms with Crippen molar-refractivity contribution >= 4 is 5.69 Å². The first-order valence-electron chi connectivity index (χ1n) is 7.69. The lowest BCUT2D eigenvalue weighted by molar-refractivity contribution is 0.627. The lowest BCUT2D eigenvalue weighted by Gasteiger charge is -2.22. The molecule has 2 aliphatic rings. The standard InChI is InChI=1S/C18H19FN2/c19-16-5-6-17(18(10-16)21-7-1-2-8-21)13-3-4-14-11-20-12-15(14)9-13/h3-6,9-10,20H,1-2,7-8,11-12H2. The van der Waals surface area contributed by atoms with Gasteiger partial charge in [0.1, 0.15) is 5.82 Å². The first-order chi connectivity index (χ1) is 10.3. The lowest BCUT2D eigenvalue weighted by Crippen LogP contribution is -2.18. The van der Waals surface area contributed by atoms with E-state index in [1.165, 1.54) is 29.5 Å². The molecule has 21 heavy (non-hydrogen) atoms. The fraction of sp³-hybridized carbons (Fsp3) is 0.333. The molecule has 0 spiro atoms. The second-order valence-corrected chi connectivity index (χ2v) is 5.94. The fourth-order valence-electron chi connectivity index (χ4n) is 3.43. The van der Waals surface area contributed by atoms with Gasteiger partial charge in [0.15, 0.2) is 0 Å². The highest BCUT2D eigenvalue weighted by molar-refractivity contribution is 5.79. The lowest BCUT2D eigenvalue weighted by atomic mass is 9.98. The summed E-state index contributed by atoms with van der Waals surface area (Å²) in [5.41, 5.74) is 6.12. The Balaban J connectivity index is 1.80. The molecule has 1 N–H and O–H groups in total. The summed E-state index contributed by atoms with van der Waals surface area (Å²) in [6, 6.07) is 11.8. The van der Waals surface area contributed by atoms with E-state index in [4.69, 9.17) is 0 Å². The first-order valence-corrected chi connectivity index (χ1v) is 7.69. The van der Waals surface area contributed by atoms with Crippen molar-refractivity contribution in [3.63, 3.8) is 0 Å². The number of hydrogen-bond acceptors (Lipinski definition) is 2. The number of fused-ring (bicyclic) bond motifs is 1. The van der Waals surface area contributed by atoms with Crippen molar-refractivity contribution in [2.75, 3.05) is 18.0 Å². The SMILES string of the molecule is Fc1ccc(-c2ccc3c(c2)CNC3)c(N2CCCC2)c1. The number of nitrogens with one attached hydrogen (secondary N) is 1. The zero-order valence-electron chi connectivity index (χ0n) is 12.0. The van der Waals surface area contributed by atoms with Crippen LogP contribution in [0.1, 0.15) is 24.0 Å². The van der Waals surface area contributed by atoms with E-state index < -0.39 is 0 Å². The molecule has 3 heteroatoms. The Morgan fingerprint density at radius 2 is 1.71 bits per heavy atom. The second-order valence-electron chi connectivity index (χ2n) is 5.94. The van der Waals surface area contributed by atoms with Gasteiger partial charge in [-0.05, 0) is 53.8 Å². The molecule has 2 aliphatic heterocycles. The van der Waals surface area contributed by atoms with Crippen LogP contribution in [0.5, 0.6) is 0 Å². The van der Waals surface area contributed by atoms with Crippen molar-refractivity contribution in [2.45, 2.75) is 25.9 Å². The molecule has 108 valence electrons. The minimum absolute atomic E-state index is 0.150. The van der Waals surface area contributed by atoms with E-state index in [0.29, 0.717) is 0 Å². The molecule has 2 heterocycles. The number of hydrogen-bond donors (Lipinski definition) is 1. The Morgan fingerprint density at radius 3 is 2.57 bits per heavy atom. The van der Waals surface area contributed by atoms with Crippen LogP contribution >= 0.6 is 0 Å². The maximum Gasteiger partial charge on any atom is 0.125 e. The molecule has 0 unspecified atom stereocenters. The molecular weight excluding hydrogens is 263 g/mol. The van der Waals surface area contributed by atoms with Gasteiger partial charge in [-0.2, -0.15) is 0 Å². The zero-order chi connectivity index (χ0) is 14.2. The van der Waals surface area contributed by atoms with Crippen LogP contribution in [0.3, 0.4) is 0 Å². The maximum absolute atomic E-state index is 13.7. The molecule has 2 aromatic carbocycles. The average molecular weight is 282 g/mol. The third-order valence-corrected chi connectivity index (χ3v) is 4.55. The Bertz CT molecular complexity index is 675. The van der Waals surface area contributed by atoms with Crippen molar-refractivity contribution in [1.29, 1.82) is 0 Å². The van der Waals surface area contributed by atoms with Crippen LogP contribution in [0, 0.1) is 5.82 Å². The smallest absolute Gasteiger partial charge is 0.125 e. The summed E-state index contributed by atoms with van der Waals surface area (Å²) in [5.74, 6) is -0.150. The molecule has 0 amide bonds. The second kappa shape index (κ2) is 5.15. The summed E-state index contributed by atoms with van der Waals surface area (Å²) in [7, 11) is 0. The molecule has 2 aromatic rings. The number of nitrogens with zero attached hydrogens (tertiary/aromatic N) is 1. The van der Waals surface area contributed by atoms with Crippen LogP contribution < -0.4 is 10.2 Å². The van der Waals surface area contributed by atoms with E-state index in [1.807, 2.05) is 6.07 Å². The van der Waals surface area contributed by atoms with Crippen molar-refractivity contribution in [3.8, 4) is 11.1 Å². The molecule has 4 rings (SSSR count). The van der Waals surface area contributed by atoms with Gasteiger partial charge in [-0.3, -0.25) is 0 Å². The molecule has 0 aromatic heterocycles. The van der Waals surface area contributed by atoms with Crippen LogP contribution in [0.15, 0.2) is 36.4 Å². The van der Waals surface area contributed by atoms with Crippen LogP contribution in [0.4, 0.5) is 10.1 Å². The highest BCUT2D eigenvalue weighted by atomic mass is 19.1. The van der Waals surface area contributed by atoms with Gasteiger partial charge in [0, 0.05) is 37.4 Å². The molecule has 1 fully saturated rings. The van der Waals surface area contributed by atoms with Crippen LogP contribution in [0.2, 0.25) is 0 Å². The van der Waals surface area contributed by atoms with Crippen molar-refractivity contribution in [3.05, 3.63) is 53.3 Å². The van der Waals surface area contributed by atoms with Crippen molar-refractivity contribution in [2.24, 2.45) is 0 Å². The minimum atomic E-state index is -0.150. The summed E-state index contributed by atoms with van der Waals surface area (Å²) in [6.45, 7) is 3.95. The predicted octanol–water partition coefficient (Wildman–Crippen LogP) is 3.70. The molecule has 0 aliphatic carbocycles. The Morgan fingerprint density at radius 1 is 0.905 bits per heavy atom. The van der Waals surface area contributed by atoms with Gasteiger partial charge in [0.05, 0.1) is 0 Å². The molecule has 1 saturated heterocycles. The Kier molecular flexibility index (Phi) is 3.15. The minimum Gasteiger partial charge on any atom is -0.371 e. The molecule has 0 radical (unpaired) electrons. The van der Waals surface area contributed by atoms with Gasteiger partial charge in [0.2, 0.25) is 0 Å². The average Bonchev–Trinajstić information content (AvgIpc) is 3.18. The summed E-state index contributed by atoms with van der Waals surface area (Å²) >= 11 is 0. The van der Waals surface area contributed by atoms with Crippen molar-refractivity contribution < 1.29 is 4.39 Å². The van der Waals surface area contributed by atoms with E-state index in [2.05, 4.69) is 28.4 Å². The number of halogens is 1. The van der Waals surface area contributed by atoms with E-state index in [1.54, 1.807) is 12.1 Å². The van der Waals surface area contributed by atoms with Crippen molar-refractivity contribution in [1.82, 2.24) is 5.32 Å². The van der Waals surface area contributed by atoms with E-state index in [9.17, 15) is 4.39 Å².